The summed E-state index contributed by atoms with van der Waals surface area (Å²) in [5, 5.41) is 0. The van der Waals surface area contributed by atoms with E-state index in [0.717, 1.165) is 29.0 Å². The zero-order valence-electron chi connectivity index (χ0n) is 12.8. The Morgan fingerprint density at radius 2 is 2.29 bits per heavy atom. The average Bonchev–Trinajstić information content (AvgIpc) is 2.83. The molecule has 2 rings (SSSR count). The quantitative estimate of drug-likeness (QED) is 0.808. The number of methoxy groups -OCH3 is 1. The summed E-state index contributed by atoms with van der Waals surface area (Å²) in [6, 6.07) is 3.98. The van der Waals surface area contributed by atoms with Crippen molar-refractivity contribution >= 4 is 5.97 Å². The minimum atomic E-state index is -0.369. The minimum Gasteiger partial charge on any atom is -0.494 e. The summed E-state index contributed by atoms with van der Waals surface area (Å²) in [5.41, 5.74) is 7.77. The molecule has 0 bridgehead atoms. The van der Waals surface area contributed by atoms with E-state index in [9.17, 15) is 4.79 Å². The molecule has 1 aromatic carbocycles. The molecule has 0 saturated heterocycles. The van der Waals surface area contributed by atoms with E-state index in [1.165, 1.54) is 7.11 Å². The van der Waals surface area contributed by atoms with Crippen LogP contribution in [0.15, 0.2) is 12.1 Å². The minimum absolute atomic E-state index is 0.177. The highest BCUT2D eigenvalue weighted by atomic mass is 16.5. The fourth-order valence-corrected chi connectivity index (χ4v) is 2.63. The molecule has 1 aliphatic rings. The van der Waals surface area contributed by atoms with Crippen LogP contribution in [0.3, 0.4) is 0 Å². The third-order valence-corrected chi connectivity index (χ3v) is 3.66. The van der Waals surface area contributed by atoms with Gasteiger partial charge in [-0.1, -0.05) is 0 Å². The molecule has 5 nitrogen and oxygen atoms in total. The highest BCUT2D eigenvalue weighted by Gasteiger charge is 2.25. The van der Waals surface area contributed by atoms with Crippen molar-refractivity contribution in [3.05, 3.63) is 23.3 Å². The van der Waals surface area contributed by atoms with Crippen molar-refractivity contribution in [2.45, 2.75) is 32.8 Å². The van der Waals surface area contributed by atoms with Crippen LogP contribution in [0.4, 0.5) is 0 Å². The Morgan fingerprint density at radius 1 is 1.52 bits per heavy atom. The lowest BCUT2D eigenvalue weighted by Gasteiger charge is -2.16. The monoisotopic (exact) mass is 293 g/mol. The molecule has 0 aliphatic carbocycles. The third kappa shape index (κ3) is 3.47. The van der Waals surface area contributed by atoms with Gasteiger partial charge in [0.15, 0.2) is 0 Å². The van der Waals surface area contributed by atoms with Crippen molar-refractivity contribution in [1.82, 2.24) is 0 Å². The van der Waals surface area contributed by atoms with Gasteiger partial charge in [-0.15, -0.1) is 0 Å². The van der Waals surface area contributed by atoms with Crippen molar-refractivity contribution in [3.8, 4) is 11.5 Å². The van der Waals surface area contributed by atoms with Crippen molar-refractivity contribution in [2.75, 3.05) is 20.3 Å². The second-order valence-electron chi connectivity index (χ2n) is 5.29. The molecule has 2 N–H and O–H groups in total. The van der Waals surface area contributed by atoms with Crippen molar-refractivity contribution in [3.63, 3.8) is 0 Å². The zero-order chi connectivity index (χ0) is 15.4. The molecule has 0 amide bonds. The topological polar surface area (TPSA) is 70.8 Å². The van der Waals surface area contributed by atoms with E-state index in [1.54, 1.807) is 0 Å². The molecule has 0 saturated carbocycles. The SMILES string of the molecule is CCOc1cc2c(cc1CC(CN)C(=O)OC)OC(C)C2. The summed E-state index contributed by atoms with van der Waals surface area (Å²) in [6.45, 7) is 4.80. The van der Waals surface area contributed by atoms with E-state index in [2.05, 4.69) is 0 Å². The molecule has 0 radical (unpaired) electrons. The van der Waals surface area contributed by atoms with Gasteiger partial charge < -0.3 is 19.9 Å². The third-order valence-electron chi connectivity index (χ3n) is 3.66. The van der Waals surface area contributed by atoms with E-state index >= 15 is 0 Å². The highest BCUT2D eigenvalue weighted by Crippen LogP contribution is 2.36. The fraction of sp³-hybridized carbons (Fsp3) is 0.562. The number of fused-ring (bicyclic) bond motifs is 1. The van der Waals surface area contributed by atoms with E-state index in [4.69, 9.17) is 19.9 Å². The Balaban J connectivity index is 2.29. The number of hydrogen-bond acceptors (Lipinski definition) is 5. The second kappa shape index (κ2) is 6.80. The van der Waals surface area contributed by atoms with Crippen LogP contribution in [0.1, 0.15) is 25.0 Å². The molecule has 2 unspecified atom stereocenters. The number of ether oxygens (including phenoxy) is 3. The molecule has 1 heterocycles. The van der Waals surface area contributed by atoms with Crippen molar-refractivity contribution in [1.29, 1.82) is 0 Å². The van der Waals surface area contributed by atoms with Crippen LogP contribution in [0.25, 0.3) is 0 Å². The lowest BCUT2D eigenvalue weighted by molar-refractivity contribution is -0.145. The Kier molecular flexibility index (Phi) is 5.07. The van der Waals surface area contributed by atoms with Gasteiger partial charge in [-0.05, 0) is 38.0 Å². The summed E-state index contributed by atoms with van der Waals surface area (Å²) in [6.07, 6.45) is 1.55. The number of nitrogens with two attached hydrogens (primary N) is 1. The van der Waals surface area contributed by atoms with Crippen LogP contribution < -0.4 is 15.2 Å². The Bertz CT molecular complexity index is 515. The van der Waals surface area contributed by atoms with Crippen LogP contribution in [0.5, 0.6) is 11.5 Å². The molecule has 5 heteroatoms. The van der Waals surface area contributed by atoms with Gasteiger partial charge in [0, 0.05) is 18.5 Å². The number of carbonyl (C=O) groups is 1. The molecule has 1 aromatic rings. The molecule has 0 aromatic heterocycles. The van der Waals surface area contributed by atoms with Crippen LogP contribution in [0.2, 0.25) is 0 Å². The molecule has 21 heavy (non-hydrogen) atoms. The molecule has 2 atom stereocenters. The predicted octanol–water partition coefficient (Wildman–Crippen LogP) is 1.70. The standard InChI is InChI=1S/C16H23NO4/c1-4-20-14-7-11-5-10(2)21-15(11)8-12(14)6-13(9-17)16(18)19-3/h7-8,10,13H,4-6,9,17H2,1-3H3. The van der Waals surface area contributed by atoms with E-state index in [1.807, 2.05) is 26.0 Å². The molecular weight excluding hydrogens is 270 g/mol. The van der Waals surface area contributed by atoms with Gasteiger partial charge in [-0.2, -0.15) is 0 Å². The first kappa shape index (κ1) is 15.6. The predicted molar refractivity (Wildman–Crippen MR) is 79.7 cm³/mol. The maximum atomic E-state index is 11.7. The molecular formula is C16H23NO4. The second-order valence-corrected chi connectivity index (χ2v) is 5.29. The summed E-state index contributed by atoms with van der Waals surface area (Å²) in [7, 11) is 1.38. The number of rotatable bonds is 6. The van der Waals surface area contributed by atoms with Gasteiger partial charge in [-0.3, -0.25) is 4.79 Å². The van der Waals surface area contributed by atoms with E-state index in [-0.39, 0.29) is 24.5 Å². The summed E-state index contributed by atoms with van der Waals surface area (Å²) in [4.78, 5) is 11.7. The highest BCUT2D eigenvalue weighted by molar-refractivity contribution is 5.73. The molecule has 116 valence electrons. The van der Waals surface area contributed by atoms with Crippen LogP contribution in [-0.4, -0.2) is 32.3 Å². The van der Waals surface area contributed by atoms with Gasteiger partial charge in [0.05, 0.1) is 19.6 Å². The summed E-state index contributed by atoms with van der Waals surface area (Å²) in [5.74, 6) is 1.01. The van der Waals surface area contributed by atoms with Gasteiger partial charge >= 0.3 is 5.97 Å². The zero-order valence-corrected chi connectivity index (χ0v) is 12.8. The first-order valence-corrected chi connectivity index (χ1v) is 7.32. The smallest absolute Gasteiger partial charge is 0.310 e. The van der Waals surface area contributed by atoms with Crippen molar-refractivity contribution in [2.24, 2.45) is 11.7 Å². The van der Waals surface area contributed by atoms with Crippen LogP contribution in [-0.2, 0) is 22.4 Å². The molecule has 0 spiro atoms. The van der Waals surface area contributed by atoms with Gasteiger partial charge in [0.2, 0.25) is 0 Å². The lowest BCUT2D eigenvalue weighted by atomic mass is 9.96. The van der Waals surface area contributed by atoms with Crippen LogP contribution >= 0.6 is 0 Å². The first-order chi connectivity index (χ1) is 10.1. The number of carbonyl (C=O) groups excluding carboxylic acids is 1. The van der Waals surface area contributed by atoms with Gasteiger partial charge in [0.1, 0.15) is 17.6 Å². The molecule has 1 aliphatic heterocycles. The van der Waals surface area contributed by atoms with E-state index < -0.39 is 0 Å². The molecule has 0 fully saturated rings. The maximum absolute atomic E-state index is 11.7. The van der Waals surface area contributed by atoms with Gasteiger partial charge in [-0.25, -0.2) is 0 Å². The summed E-state index contributed by atoms with van der Waals surface area (Å²) >= 11 is 0. The Labute approximate surface area is 125 Å². The lowest BCUT2D eigenvalue weighted by Crippen LogP contribution is -2.27. The largest absolute Gasteiger partial charge is 0.494 e. The number of esters is 1. The maximum Gasteiger partial charge on any atom is 0.310 e. The fourth-order valence-electron chi connectivity index (χ4n) is 2.63. The normalized spacial score (nSPS) is 17.8. The van der Waals surface area contributed by atoms with E-state index in [0.29, 0.717) is 13.0 Å². The Morgan fingerprint density at radius 3 is 2.90 bits per heavy atom. The van der Waals surface area contributed by atoms with Crippen molar-refractivity contribution < 1.29 is 19.0 Å². The number of benzene rings is 1. The van der Waals surface area contributed by atoms with Gasteiger partial charge in [0.25, 0.3) is 0 Å². The van der Waals surface area contributed by atoms with Crippen LogP contribution in [0, 0.1) is 5.92 Å². The number of hydrogen-bond donors (Lipinski definition) is 1. The summed E-state index contributed by atoms with van der Waals surface area (Å²) < 4.78 is 16.3. The Hall–Kier alpha value is -1.75. The average molecular weight is 293 g/mol. The first-order valence-electron chi connectivity index (χ1n) is 7.32.